The Morgan fingerprint density at radius 1 is 1.31 bits per heavy atom. The number of nitrogens with zero attached hydrogens (tertiary/aromatic N) is 1. The summed E-state index contributed by atoms with van der Waals surface area (Å²) in [6, 6.07) is 6.23. The maximum atomic E-state index is 12.7. The Balaban J connectivity index is 1.78. The van der Waals surface area contributed by atoms with Crippen molar-refractivity contribution in [1.29, 1.82) is 0 Å². The predicted octanol–water partition coefficient (Wildman–Crippen LogP) is 2.05. The molecule has 2 aliphatic rings. The quantitative estimate of drug-likeness (QED) is 0.608. The Morgan fingerprint density at radius 3 is 2.46 bits per heavy atom. The van der Waals surface area contributed by atoms with Gasteiger partial charge in [0.25, 0.3) is 11.8 Å². The third-order valence-electron chi connectivity index (χ3n) is 4.98. The fourth-order valence-corrected chi connectivity index (χ4v) is 5.25. The topological polar surface area (TPSA) is 86.7 Å². The number of carbonyl (C=O) groups excluding carboxylic acids is 2. The molecule has 2 saturated heterocycles. The first-order valence-electron chi connectivity index (χ1n) is 8.37. The minimum absolute atomic E-state index is 0.345. The van der Waals surface area contributed by atoms with E-state index in [-0.39, 0.29) is 11.8 Å². The van der Waals surface area contributed by atoms with Crippen LogP contribution in [0.2, 0.25) is 0 Å². The minimum atomic E-state index is -1.11. The summed E-state index contributed by atoms with van der Waals surface area (Å²) in [5.41, 5.74) is 0.400. The van der Waals surface area contributed by atoms with Gasteiger partial charge in [-0.15, -0.1) is 18.3 Å². The van der Waals surface area contributed by atoms with E-state index in [0.29, 0.717) is 5.56 Å². The zero-order valence-corrected chi connectivity index (χ0v) is 15.8. The van der Waals surface area contributed by atoms with Gasteiger partial charge < -0.3 is 15.3 Å². The number of nitrogens with one attached hydrogen (secondary N) is 1. The molecular formula is C19H22N2O4S. The van der Waals surface area contributed by atoms with E-state index in [1.165, 1.54) is 16.7 Å². The molecule has 0 aromatic heterocycles. The number of hydrogen-bond acceptors (Lipinski definition) is 4. The van der Waals surface area contributed by atoms with Crippen molar-refractivity contribution in [2.24, 2.45) is 0 Å². The van der Waals surface area contributed by atoms with Crippen LogP contribution in [0.25, 0.3) is 0 Å². The molecule has 2 fully saturated rings. The summed E-state index contributed by atoms with van der Waals surface area (Å²) < 4.78 is -0.624. The molecule has 0 aliphatic carbocycles. The highest BCUT2D eigenvalue weighted by molar-refractivity contribution is 8.01. The number of carboxylic acids is 1. The monoisotopic (exact) mass is 374 g/mol. The lowest BCUT2D eigenvalue weighted by atomic mass is 9.86. The largest absolute Gasteiger partial charge is 0.480 e. The van der Waals surface area contributed by atoms with E-state index in [1.807, 2.05) is 26.0 Å². The SMILES string of the molecule is C=CCc1ccc(C(=O)NC2(C)C(=O)N3[C@@H](C(=O)O)C(C)(C)S[C@@H]32)cc1. The molecule has 0 spiro atoms. The summed E-state index contributed by atoms with van der Waals surface area (Å²) in [7, 11) is 0. The van der Waals surface area contributed by atoms with Crippen LogP contribution in [-0.4, -0.2) is 49.5 Å². The van der Waals surface area contributed by atoms with Crippen molar-refractivity contribution in [3.8, 4) is 0 Å². The number of hydrogen-bond donors (Lipinski definition) is 2. The fourth-order valence-electron chi connectivity index (χ4n) is 3.61. The molecule has 0 radical (unpaired) electrons. The van der Waals surface area contributed by atoms with Gasteiger partial charge in [0.1, 0.15) is 17.0 Å². The smallest absolute Gasteiger partial charge is 0.327 e. The highest BCUT2D eigenvalue weighted by atomic mass is 32.2. The molecular weight excluding hydrogens is 352 g/mol. The summed E-state index contributed by atoms with van der Waals surface area (Å²) in [6.07, 6.45) is 2.51. The van der Waals surface area contributed by atoms with E-state index in [0.717, 1.165) is 12.0 Å². The lowest BCUT2D eigenvalue weighted by molar-refractivity contribution is -0.165. The molecule has 3 rings (SSSR count). The van der Waals surface area contributed by atoms with Gasteiger partial charge in [0.05, 0.1) is 0 Å². The van der Waals surface area contributed by atoms with Crippen LogP contribution in [0.1, 0.15) is 36.7 Å². The Kier molecular flexibility index (Phi) is 4.38. The normalized spacial score (nSPS) is 28.9. The van der Waals surface area contributed by atoms with E-state index < -0.39 is 27.7 Å². The van der Waals surface area contributed by atoms with Gasteiger partial charge in [-0.05, 0) is 44.9 Å². The average Bonchev–Trinajstić information content (AvgIpc) is 2.85. The van der Waals surface area contributed by atoms with Gasteiger partial charge in [0.2, 0.25) is 0 Å². The molecule has 6 nitrogen and oxygen atoms in total. The summed E-state index contributed by atoms with van der Waals surface area (Å²) in [4.78, 5) is 38.3. The van der Waals surface area contributed by atoms with Crippen LogP contribution in [0.15, 0.2) is 36.9 Å². The third-order valence-corrected chi connectivity index (χ3v) is 6.73. The maximum absolute atomic E-state index is 12.7. The summed E-state index contributed by atoms with van der Waals surface area (Å²) >= 11 is 1.41. The Labute approximate surface area is 156 Å². The first kappa shape index (κ1) is 18.5. The lowest BCUT2D eigenvalue weighted by Crippen LogP contribution is -2.78. The minimum Gasteiger partial charge on any atom is -0.480 e. The number of thioether (sulfide) groups is 1. The van der Waals surface area contributed by atoms with Crippen molar-refractivity contribution < 1.29 is 19.5 Å². The first-order valence-corrected chi connectivity index (χ1v) is 9.25. The number of β-lactam (4-membered cyclic amide) rings is 1. The predicted molar refractivity (Wildman–Crippen MR) is 99.9 cm³/mol. The van der Waals surface area contributed by atoms with E-state index in [2.05, 4.69) is 11.9 Å². The van der Waals surface area contributed by atoms with Crippen LogP contribution in [0.3, 0.4) is 0 Å². The summed E-state index contributed by atoms with van der Waals surface area (Å²) in [5, 5.41) is 11.9. The highest BCUT2D eigenvalue weighted by Gasteiger charge is 2.70. The second kappa shape index (κ2) is 6.16. The van der Waals surface area contributed by atoms with Gasteiger partial charge in [-0.2, -0.15) is 0 Å². The van der Waals surface area contributed by atoms with Crippen LogP contribution in [-0.2, 0) is 16.0 Å². The second-order valence-electron chi connectivity index (χ2n) is 7.37. The number of aliphatic carboxylic acids is 1. The molecule has 7 heteroatoms. The van der Waals surface area contributed by atoms with Crippen molar-refractivity contribution in [3.05, 3.63) is 48.0 Å². The van der Waals surface area contributed by atoms with Crippen LogP contribution in [0.4, 0.5) is 0 Å². The number of allylic oxidation sites excluding steroid dienone is 1. The Morgan fingerprint density at radius 2 is 1.92 bits per heavy atom. The van der Waals surface area contributed by atoms with Crippen molar-refractivity contribution in [2.75, 3.05) is 0 Å². The zero-order valence-electron chi connectivity index (χ0n) is 15.0. The van der Waals surface area contributed by atoms with Crippen molar-refractivity contribution in [1.82, 2.24) is 10.2 Å². The molecule has 2 amide bonds. The van der Waals surface area contributed by atoms with E-state index in [1.54, 1.807) is 25.1 Å². The van der Waals surface area contributed by atoms with E-state index in [9.17, 15) is 19.5 Å². The van der Waals surface area contributed by atoms with Crippen LogP contribution in [0.5, 0.6) is 0 Å². The molecule has 0 saturated carbocycles. The number of benzene rings is 1. The summed E-state index contributed by atoms with van der Waals surface area (Å²) in [6.45, 7) is 8.96. The molecule has 0 bridgehead atoms. The number of rotatable bonds is 5. The Bertz CT molecular complexity index is 789. The molecule has 2 aliphatic heterocycles. The van der Waals surface area contributed by atoms with Crippen LogP contribution >= 0.6 is 11.8 Å². The van der Waals surface area contributed by atoms with Crippen molar-refractivity contribution >= 4 is 29.5 Å². The number of fused-ring (bicyclic) bond motifs is 1. The zero-order chi connectivity index (χ0) is 19.3. The summed E-state index contributed by atoms with van der Waals surface area (Å²) in [5.74, 6) is -1.73. The first-order chi connectivity index (χ1) is 12.1. The molecule has 1 unspecified atom stereocenters. The fraction of sp³-hybridized carbons (Fsp3) is 0.421. The van der Waals surface area contributed by atoms with E-state index in [4.69, 9.17) is 0 Å². The van der Waals surface area contributed by atoms with Gasteiger partial charge in [-0.25, -0.2) is 4.79 Å². The highest BCUT2D eigenvalue weighted by Crippen LogP contribution is 2.54. The van der Waals surface area contributed by atoms with Crippen molar-refractivity contribution in [2.45, 2.75) is 48.9 Å². The second-order valence-corrected chi connectivity index (χ2v) is 9.11. The standard InChI is InChI=1S/C19H22N2O4S/c1-5-6-11-7-9-12(10-8-11)14(22)20-19(4)16(25)21-13(15(23)24)18(2,3)26-17(19)21/h5,7-10,13,17H,1,6H2,2-4H3,(H,20,22)(H,23,24)/t13-,17+,19?/m0/s1. The van der Waals surface area contributed by atoms with Crippen LogP contribution < -0.4 is 5.32 Å². The average molecular weight is 374 g/mol. The molecule has 138 valence electrons. The van der Waals surface area contributed by atoms with Gasteiger partial charge >= 0.3 is 5.97 Å². The molecule has 3 atom stereocenters. The molecule has 2 heterocycles. The lowest BCUT2D eigenvalue weighted by Gasteiger charge is -2.51. The number of carbonyl (C=O) groups is 3. The van der Waals surface area contributed by atoms with Crippen LogP contribution in [0, 0.1) is 0 Å². The third kappa shape index (κ3) is 2.70. The van der Waals surface area contributed by atoms with Gasteiger partial charge in [-0.3, -0.25) is 9.59 Å². The van der Waals surface area contributed by atoms with Crippen molar-refractivity contribution in [3.63, 3.8) is 0 Å². The van der Waals surface area contributed by atoms with E-state index >= 15 is 0 Å². The molecule has 1 aromatic carbocycles. The van der Waals surface area contributed by atoms with Gasteiger partial charge in [0.15, 0.2) is 0 Å². The van der Waals surface area contributed by atoms with Gasteiger partial charge in [-0.1, -0.05) is 18.2 Å². The van der Waals surface area contributed by atoms with Gasteiger partial charge in [0, 0.05) is 10.3 Å². The number of amides is 2. The molecule has 1 aromatic rings. The molecule has 26 heavy (non-hydrogen) atoms. The molecule has 2 N–H and O–H groups in total. The Hall–Kier alpha value is -2.28. The number of carboxylic acid groups (broad SMARTS) is 1. The maximum Gasteiger partial charge on any atom is 0.327 e.